The summed E-state index contributed by atoms with van der Waals surface area (Å²) >= 11 is 1.34. The zero-order chi connectivity index (χ0) is 18.9. The van der Waals surface area contributed by atoms with E-state index in [-0.39, 0.29) is 17.2 Å². The van der Waals surface area contributed by atoms with E-state index in [1.165, 1.54) is 37.5 Å². The smallest absolute Gasteiger partial charge is 0.264 e. The van der Waals surface area contributed by atoms with E-state index in [0.717, 1.165) is 41.8 Å². The molecule has 2 heterocycles. The van der Waals surface area contributed by atoms with Crippen LogP contribution in [0.4, 0.5) is 5.69 Å². The van der Waals surface area contributed by atoms with Crippen LogP contribution >= 0.6 is 11.3 Å². The monoisotopic (exact) mass is 383 g/mol. The molecule has 4 bridgehead atoms. The van der Waals surface area contributed by atoms with Gasteiger partial charge in [0.2, 0.25) is 0 Å². The second-order valence-electron chi connectivity index (χ2n) is 9.03. The van der Waals surface area contributed by atoms with Gasteiger partial charge in [-0.25, -0.2) is 4.98 Å². The van der Waals surface area contributed by atoms with Gasteiger partial charge in [0.1, 0.15) is 9.71 Å². The third kappa shape index (κ3) is 2.68. The number of nitrogens with two attached hydrogens (primary N) is 1. The molecule has 0 radical (unpaired) electrons. The van der Waals surface area contributed by atoms with Gasteiger partial charge in [-0.1, -0.05) is 0 Å². The summed E-state index contributed by atoms with van der Waals surface area (Å²) in [4.78, 5) is 30.8. The number of aromatic nitrogens is 1. The predicted octanol–water partition coefficient (Wildman–Crippen LogP) is 4.09. The third-order valence-corrected chi connectivity index (χ3v) is 8.03. The number of carbonyl (C=O) groups excluding carboxylic acids is 2. The fourth-order valence-corrected chi connectivity index (χ4v) is 7.23. The van der Waals surface area contributed by atoms with E-state index in [1.807, 2.05) is 6.92 Å². The van der Waals surface area contributed by atoms with E-state index in [0.29, 0.717) is 27.2 Å². The number of rotatable bonds is 3. The number of hydrogen-bond donors (Lipinski definition) is 2. The van der Waals surface area contributed by atoms with E-state index in [2.05, 4.69) is 10.3 Å². The Morgan fingerprint density at radius 1 is 1.19 bits per heavy atom. The molecule has 6 rings (SSSR count). The number of ketones is 1. The highest BCUT2D eigenvalue weighted by Gasteiger charge is 2.51. The lowest BCUT2D eigenvalue weighted by atomic mass is 9.53. The molecule has 4 fully saturated rings. The van der Waals surface area contributed by atoms with E-state index >= 15 is 0 Å². The van der Waals surface area contributed by atoms with Crippen LogP contribution in [-0.4, -0.2) is 22.2 Å². The number of carbonyl (C=O) groups is 2. The van der Waals surface area contributed by atoms with Gasteiger partial charge in [-0.05, 0) is 76.2 Å². The summed E-state index contributed by atoms with van der Waals surface area (Å²) in [6.07, 6.45) is 7.37. The first-order valence-corrected chi connectivity index (χ1v) is 10.7. The second-order valence-corrected chi connectivity index (χ2v) is 10.0. The van der Waals surface area contributed by atoms with Gasteiger partial charge in [-0.3, -0.25) is 9.59 Å². The lowest BCUT2D eigenvalue weighted by Gasteiger charge is -2.56. The highest BCUT2D eigenvalue weighted by molar-refractivity contribution is 7.21. The molecule has 0 atom stereocenters. The molecule has 27 heavy (non-hydrogen) atoms. The summed E-state index contributed by atoms with van der Waals surface area (Å²) in [5, 5.41) is 4.11. The minimum Gasteiger partial charge on any atom is -0.397 e. The number of nitrogens with one attached hydrogen (secondary N) is 1. The van der Waals surface area contributed by atoms with Crippen LogP contribution in [0.25, 0.3) is 10.2 Å². The van der Waals surface area contributed by atoms with Crippen LogP contribution < -0.4 is 11.1 Å². The van der Waals surface area contributed by atoms with Crippen molar-refractivity contribution in [2.45, 2.75) is 57.9 Å². The number of aryl methyl sites for hydroxylation is 1. The molecule has 1 amide bonds. The number of hydrogen-bond acceptors (Lipinski definition) is 5. The molecule has 0 saturated heterocycles. The number of fused-ring (bicyclic) bond motifs is 1. The van der Waals surface area contributed by atoms with Gasteiger partial charge >= 0.3 is 0 Å². The van der Waals surface area contributed by atoms with Crippen molar-refractivity contribution >= 4 is 38.9 Å². The molecule has 0 aromatic carbocycles. The van der Waals surface area contributed by atoms with Crippen LogP contribution in [0, 0.1) is 24.7 Å². The molecule has 0 spiro atoms. The van der Waals surface area contributed by atoms with Crippen molar-refractivity contribution in [1.29, 1.82) is 0 Å². The largest absolute Gasteiger partial charge is 0.397 e. The first-order chi connectivity index (χ1) is 12.8. The molecule has 6 heteroatoms. The highest BCUT2D eigenvalue weighted by Crippen LogP contribution is 2.55. The zero-order valence-corrected chi connectivity index (χ0v) is 16.6. The predicted molar refractivity (Wildman–Crippen MR) is 107 cm³/mol. The topological polar surface area (TPSA) is 85.1 Å². The molecule has 0 unspecified atom stereocenters. The quantitative estimate of drug-likeness (QED) is 0.782. The van der Waals surface area contributed by atoms with Crippen LogP contribution in [0.3, 0.4) is 0 Å². The van der Waals surface area contributed by atoms with Gasteiger partial charge in [0, 0.05) is 22.2 Å². The van der Waals surface area contributed by atoms with Gasteiger partial charge in [0.25, 0.3) is 5.91 Å². The summed E-state index contributed by atoms with van der Waals surface area (Å²) in [5.41, 5.74) is 7.99. The lowest BCUT2D eigenvalue weighted by molar-refractivity contribution is -0.0166. The molecule has 0 aliphatic heterocycles. The van der Waals surface area contributed by atoms with Crippen molar-refractivity contribution in [1.82, 2.24) is 10.3 Å². The van der Waals surface area contributed by atoms with Crippen LogP contribution in [0.15, 0.2) is 6.07 Å². The molecule has 5 nitrogen and oxygen atoms in total. The summed E-state index contributed by atoms with van der Waals surface area (Å²) < 4.78 is 0. The Balaban J connectivity index is 1.48. The van der Waals surface area contributed by atoms with Crippen LogP contribution in [0.5, 0.6) is 0 Å². The summed E-state index contributed by atoms with van der Waals surface area (Å²) in [5.74, 6) is 2.22. The highest BCUT2D eigenvalue weighted by atomic mass is 32.1. The fraction of sp³-hybridized carbons (Fsp3) is 0.571. The van der Waals surface area contributed by atoms with Crippen molar-refractivity contribution < 1.29 is 9.59 Å². The average molecular weight is 384 g/mol. The maximum Gasteiger partial charge on any atom is 0.264 e. The minimum atomic E-state index is -0.0699. The van der Waals surface area contributed by atoms with Gasteiger partial charge in [0.05, 0.1) is 5.69 Å². The maximum atomic E-state index is 13.1. The number of anilines is 1. The van der Waals surface area contributed by atoms with E-state index < -0.39 is 0 Å². The number of nitrogen functional groups attached to an aromatic ring is 1. The van der Waals surface area contributed by atoms with E-state index in [4.69, 9.17) is 5.73 Å². The van der Waals surface area contributed by atoms with Gasteiger partial charge in [-0.2, -0.15) is 0 Å². The van der Waals surface area contributed by atoms with Crippen LogP contribution in [0.2, 0.25) is 0 Å². The number of pyridine rings is 1. The molecule has 2 aromatic heterocycles. The summed E-state index contributed by atoms with van der Waals surface area (Å²) in [7, 11) is 0. The first kappa shape index (κ1) is 17.2. The third-order valence-electron chi connectivity index (χ3n) is 6.91. The average Bonchev–Trinajstić information content (AvgIpc) is 2.88. The zero-order valence-electron chi connectivity index (χ0n) is 15.8. The standard InChI is InChI=1S/C21H25N3O2S/c1-10-15(11(2)25)6-16-17(22)18(27-20(16)23-10)19(26)24-21-7-12-3-13(8-21)5-14(4-12)9-21/h6,12-14H,3-5,7-9,22H2,1-2H3,(H,24,26). The van der Waals surface area contributed by atoms with Gasteiger partial charge in [0.15, 0.2) is 5.78 Å². The van der Waals surface area contributed by atoms with Crippen molar-refractivity contribution in [2.24, 2.45) is 17.8 Å². The molecular weight excluding hydrogens is 358 g/mol. The lowest BCUT2D eigenvalue weighted by Crippen LogP contribution is -2.59. The van der Waals surface area contributed by atoms with Crippen LogP contribution in [0.1, 0.15) is 71.2 Å². The van der Waals surface area contributed by atoms with Crippen molar-refractivity contribution in [3.8, 4) is 0 Å². The SMILES string of the molecule is CC(=O)c1cc2c(N)c(C(=O)NC34CC5CC(CC(C5)C3)C4)sc2nc1C. The molecule has 4 aliphatic rings. The van der Waals surface area contributed by atoms with Gasteiger partial charge < -0.3 is 11.1 Å². The Bertz CT molecular complexity index is 942. The summed E-state index contributed by atoms with van der Waals surface area (Å²) in [6, 6.07) is 1.79. The number of amides is 1. The maximum absolute atomic E-state index is 13.1. The second kappa shape index (κ2) is 5.77. The minimum absolute atomic E-state index is 0.0351. The van der Waals surface area contributed by atoms with Crippen molar-refractivity contribution in [3.05, 3.63) is 22.2 Å². The molecule has 4 saturated carbocycles. The van der Waals surface area contributed by atoms with Crippen LogP contribution in [-0.2, 0) is 0 Å². The number of nitrogens with zero attached hydrogens (tertiary/aromatic N) is 1. The number of Topliss-reactive ketones (excluding diaryl/α,β-unsaturated/α-hetero) is 1. The Labute approximate surface area is 162 Å². The fourth-order valence-electron chi connectivity index (χ4n) is 6.21. The van der Waals surface area contributed by atoms with Crippen molar-refractivity contribution in [3.63, 3.8) is 0 Å². The Hall–Kier alpha value is -1.95. The summed E-state index contributed by atoms with van der Waals surface area (Å²) in [6.45, 7) is 3.35. The van der Waals surface area contributed by atoms with Crippen molar-refractivity contribution in [2.75, 3.05) is 5.73 Å². The normalized spacial score (nSPS) is 31.4. The van der Waals surface area contributed by atoms with Gasteiger partial charge in [-0.15, -0.1) is 11.3 Å². The first-order valence-electron chi connectivity index (χ1n) is 9.86. The molecule has 4 aliphatic carbocycles. The Morgan fingerprint density at radius 2 is 1.78 bits per heavy atom. The number of thiophene rings is 1. The molecular formula is C21H25N3O2S. The van der Waals surface area contributed by atoms with E-state index in [1.54, 1.807) is 6.07 Å². The molecule has 2 aromatic rings. The Morgan fingerprint density at radius 3 is 2.33 bits per heavy atom. The Kier molecular flexibility index (Phi) is 3.67. The molecule has 142 valence electrons. The van der Waals surface area contributed by atoms with E-state index in [9.17, 15) is 9.59 Å². The molecule has 3 N–H and O–H groups in total.